The fraction of sp³-hybridized carbons (Fsp3) is 0.355. The second-order valence-corrected chi connectivity index (χ2v) is 14.9. The minimum Gasteiger partial charge on any atom is -0.493 e. The van der Waals surface area contributed by atoms with Crippen LogP contribution in [0.5, 0.6) is 5.75 Å². The van der Waals surface area contributed by atoms with Gasteiger partial charge in [0.25, 0.3) is 0 Å². The van der Waals surface area contributed by atoms with Crippen LogP contribution >= 0.6 is 27.6 Å². The molecule has 15 nitrogen and oxygen atoms in total. The third kappa shape index (κ3) is 12.4. The minimum atomic E-state index is -4.83. The first-order chi connectivity index (χ1) is 23.4. The molecule has 18 heteroatoms. The molecule has 0 radical (unpaired) electrons. The van der Waals surface area contributed by atoms with Crippen molar-refractivity contribution >= 4 is 56.8 Å². The SMILES string of the molecule is C=CC(=O)Nc1cccc(-c2nc(Nc3cccc(OCCCN4CCN(CCOC(=O)CC(P(O)O)P(=O)(O)O)CC4)c3)ncc2Cl)c1. The molecule has 6 N–H and O–H groups in total. The molecular formula is C31H39ClN6O9P2. The van der Waals surface area contributed by atoms with Crippen LogP contribution in [-0.4, -0.2) is 109 Å². The Morgan fingerprint density at radius 1 is 1.04 bits per heavy atom. The molecule has 0 aliphatic carbocycles. The molecule has 1 fully saturated rings. The fourth-order valence-electron chi connectivity index (χ4n) is 4.91. The summed E-state index contributed by atoms with van der Waals surface area (Å²) in [6.45, 7) is 8.51. The van der Waals surface area contributed by atoms with Gasteiger partial charge in [0.15, 0.2) is 8.38 Å². The second-order valence-electron chi connectivity index (χ2n) is 11.0. The Morgan fingerprint density at radius 2 is 1.73 bits per heavy atom. The first-order valence-corrected chi connectivity index (χ1v) is 18.7. The van der Waals surface area contributed by atoms with Crippen LogP contribution in [0.15, 0.2) is 67.4 Å². The molecule has 4 rings (SSSR count). The third-order valence-corrected chi connectivity index (χ3v) is 10.9. The maximum atomic E-state index is 11.9. The minimum absolute atomic E-state index is 0.0414. The van der Waals surface area contributed by atoms with Gasteiger partial charge in [-0.05, 0) is 36.8 Å². The van der Waals surface area contributed by atoms with Crippen LogP contribution < -0.4 is 15.4 Å². The number of nitrogens with one attached hydrogen (secondary N) is 2. The first kappa shape index (κ1) is 38.3. The van der Waals surface area contributed by atoms with Crippen LogP contribution in [0.3, 0.4) is 0 Å². The number of nitrogens with zero attached hydrogens (tertiary/aromatic N) is 4. The van der Waals surface area contributed by atoms with E-state index in [9.17, 15) is 33.7 Å². The molecule has 1 amide bonds. The van der Waals surface area contributed by atoms with E-state index in [-0.39, 0.29) is 12.5 Å². The topological polar surface area (TPSA) is 207 Å². The van der Waals surface area contributed by atoms with Crippen LogP contribution in [0.4, 0.5) is 17.3 Å². The Kier molecular flexibility index (Phi) is 14.5. The van der Waals surface area contributed by atoms with Crippen molar-refractivity contribution in [2.75, 3.05) is 63.1 Å². The van der Waals surface area contributed by atoms with E-state index in [1.54, 1.807) is 18.2 Å². The van der Waals surface area contributed by atoms with Gasteiger partial charge in [0.05, 0.1) is 29.9 Å². The molecule has 2 aromatic carbocycles. The Labute approximate surface area is 290 Å². The van der Waals surface area contributed by atoms with E-state index in [2.05, 4.69) is 37.0 Å². The number of hydrogen-bond acceptors (Lipinski definition) is 12. The quantitative estimate of drug-likeness (QED) is 0.0505. The molecule has 0 spiro atoms. The standard InChI is InChI=1S/C31H39ClN6O9P2/c1-2-27(39)34-23-7-3-6-22(18-23)30-26(32)21-33-31(36-30)35-24-8-4-9-25(19-24)46-16-5-10-37-11-13-38(14-12-37)15-17-47-28(40)20-29(48(41)42)49(43,44)45/h2-4,6-9,18-19,21,29,41-42H,1,5,10-17,20H2,(H,34,39)(H,33,35,36)(H2,43,44,45). The van der Waals surface area contributed by atoms with E-state index in [0.29, 0.717) is 46.8 Å². The number of hydrogen-bond donors (Lipinski definition) is 6. The Hall–Kier alpha value is -3.49. The Bertz CT molecular complexity index is 1640. The van der Waals surface area contributed by atoms with Gasteiger partial charge in [0.1, 0.15) is 17.8 Å². The van der Waals surface area contributed by atoms with E-state index in [1.165, 1.54) is 12.3 Å². The van der Waals surface area contributed by atoms with Gasteiger partial charge in [-0.2, -0.15) is 0 Å². The normalized spacial score (nSPS) is 14.7. The largest absolute Gasteiger partial charge is 0.493 e. The predicted octanol–water partition coefficient (Wildman–Crippen LogP) is 3.79. The van der Waals surface area contributed by atoms with Crippen LogP contribution in [-0.2, 0) is 18.9 Å². The van der Waals surface area contributed by atoms with E-state index < -0.39 is 33.8 Å². The van der Waals surface area contributed by atoms with Crippen LogP contribution in [0, 0.1) is 0 Å². The van der Waals surface area contributed by atoms with Gasteiger partial charge in [-0.3, -0.25) is 19.1 Å². The molecule has 1 aliphatic heterocycles. The number of rotatable bonds is 17. The average molecular weight is 737 g/mol. The van der Waals surface area contributed by atoms with E-state index in [0.717, 1.165) is 44.8 Å². The molecule has 1 saturated heterocycles. The molecule has 2 heterocycles. The van der Waals surface area contributed by atoms with Crippen molar-refractivity contribution < 1.29 is 43.2 Å². The number of halogens is 1. The molecule has 49 heavy (non-hydrogen) atoms. The van der Waals surface area contributed by atoms with Gasteiger partial charge in [-0.1, -0.05) is 36.4 Å². The summed E-state index contributed by atoms with van der Waals surface area (Å²) < 4.78 is 22.4. The number of anilines is 3. The van der Waals surface area contributed by atoms with Crippen molar-refractivity contribution in [3.63, 3.8) is 0 Å². The lowest BCUT2D eigenvalue weighted by molar-refractivity contribution is -0.144. The van der Waals surface area contributed by atoms with Crippen LogP contribution in [0.1, 0.15) is 12.8 Å². The number of ether oxygens (including phenoxy) is 2. The highest BCUT2D eigenvalue weighted by molar-refractivity contribution is 7.68. The lowest BCUT2D eigenvalue weighted by Crippen LogP contribution is -2.47. The van der Waals surface area contributed by atoms with Crippen molar-refractivity contribution in [3.05, 3.63) is 72.4 Å². The number of aromatic nitrogens is 2. The molecular weight excluding hydrogens is 698 g/mol. The highest BCUT2D eigenvalue weighted by Gasteiger charge is 2.38. The Balaban J connectivity index is 1.17. The average Bonchev–Trinajstić information content (AvgIpc) is 3.06. The molecule has 0 saturated carbocycles. The van der Waals surface area contributed by atoms with Crippen molar-refractivity contribution in [1.29, 1.82) is 0 Å². The van der Waals surface area contributed by atoms with Gasteiger partial charge in [-0.15, -0.1) is 0 Å². The van der Waals surface area contributed by atoms with E-state index in [4.69, 9.17) is 21.1 Å². The molecule has 1 atom stereocenters. The van der Waals surface area contributed by atoms with E-state index in [1.807, 2.05) is 30.3 Å². The zero-order chi connectivity index (χ0) is 35.4. The number of piperazine rings is 1. The maximum Gasteiger partial charge on any atom is 0.338 e. The fourth-order valence-corrected chi connectivity index (χ4v) is 6.88. The summed E-state index contributed by atoms with van der Waals surface area (Å²) in [5.74, 6) is -0.183. The molecule has 0 bridgehead atoms. The van der Waals surface area contributed by atoms with Crippen molar-refractivity contribution in [2.24, 2.45) is 0 Å². The van der Waals surface area contributed by atoms with Gasteiger partial charge in [0.2, 0.25) is 11.9 Å². The molecule has 3 aromatic rings. The highest BCUT2D eigenvalue weighted by Crippen LogP contribution is 2.56. The molecule has 1 aliphatic rings. The monoisotopic (exact) mass is 736 g/mol. The summed E-state index contributed by atoms with van der Waals surface area (Å²) in [5.41, 5.74) is 2.52. The van der Waals surface area contributed by atoms with E-state index >= 15 is 0 Å². The van der Waals surface area contributed by atoms with Gasteiger partial charge >= 0.3 is 13.6 Å². The molecule has 1 unspecified atom stereocenters. The number of carbonyl (C=O) groups excluding carboxylic acids is 2. The zero-order valence-corrected chi connectivity index (χ0v) is 29.1. The number of carbonyl (C=O) groups is 2. The summed E-state index contributed by atoms with van der Waals surface area (Å²) in [6, 6.07) is 14.6. The lowest BCUT2D eigenvalue weighted by atomic mass is 10.1. The summed E-state index contributed by atoms with van der Waals surface area (Å²) in [5, 5.41) is 4.42. The van der Waals surface area contributed by atoms with Crippen LogP contribution in [0.25, 0.3) is 11.3 Å². The zero-order valence-electron chi connectivity index (χ0n) is 26.5. The Morgan fingerprint density at radius 3 is 2.43 bits per heavy atom. The maximum absolute atomic E-state index is 11.9. The summed E-state index contributed by atoms with van der Waals surface area (Å²) in [4.78, 5) is 73.7. The van der Waals surface area contributed by atoms with Gasteiger partial charge in [-0.25, -0.2) is 9.97 Å². The van der Waals surface area contributed by atoms with Crippen molar-refractivity contribution in [1.82, 2.24) is 19.8 Å². The number of esters is 1. The smallest absolute Gasteiger partial charge is 0.338 e. The highest BCUT2D eigenvalue weighted by atomic mass is 35.5. The van der Waals surface area contributed by atoms with Crippen LogP contribution in [0.2, 0.25) is 5.02 Å². The third-order valence-electron chi connectivity index (χ3n) is 7.45. The van der Waals surface area contributed by atoms with Crippen molar-refractivity contribution in [3.8, 4) is 17.0 Å². The summed E-state index contributed by atoms with van der Waals surface area (Å²) >= 11 is 6.41. The molecule has 264 valence electrons. The first-order valence-electron chi connectivity index (χ1n) is 15.3. The van der Waals surface area contributed by atoms with Gasteiger partial charge in [0, 0.05) is 62.3 Å². The second kappa shape index (κ2) is 18.5. The number of amides is 1. The summed E-state index contributed by atoms with van der Waals surface area (Å²) in [6.07, 6.45) is 2.76. The summed E-state index contributed by atoms with van der Waals surface area (Å²) in [7, 11) is -7.80. The van der Waals surface area contributed by atoms with Crippen molar-refractivity contribution in [2.45, 2.75) is 18.2 Å². The number of benzene rings is 2. The molecule has 1 aromatic heterocycles. The van der Waals surface area contributed by atoms with Gasteiger partial charge < -0.3 is 44.6 Å². The lowest BCUT2D eigenvalue weighted by Gasteiger charge is -2.34. The predicted molar refractivity (Wildman–Crippen MR) is 187 cm³/mol.